The SMILES string of the molecule is COc1ccccc1Oc1ccc(NC(=O)Cn2nc3ccccn3c2=O)cc1. The van der Waals surface area contributed by atoms with Crippen molar-refractivity contribution in [2.24, 2.45) is 0 Å². The summed E-state index contributed by atoms with van der Waals surface area (Å²) in [5, 5.41) is 6.89. The maximum Gasteiger partial charge on any atom is 0.350 e. The fourth-order valence-corrected chi connectivity index (χ4v) is 2.84. The number of anilines is 1. The summed E-state index contributed by atoms with van der Waals surface area (Å²) < 4.78 is 13.6. The highest BCUT2D eigenvalue weighted by Gasteiger charge is 2.11. The zero-order valence-corrected chi connectivity index (χ0v) is 15.6. The number of benzene rings is 2. The minimum Gasteiger partial charge on any atom is -0.493 e. The van der Waals surface area contributed by atoms with Gasteiger partial charge in [-0.2, -0.15) is 0 Å². The normalized spacial score (nSPS) is 10.7. The Kier molecular flexibility index (Phi) is 4.98. The maximum atomic E-state index is 12.3. The quantitative estimate of drug-likeness (QED) is 0.547. The van der Waals surface area contributed by atoms with Crippen LogP contribution in [0.4, 0.5) is 5.69 Å². The predicted molar refractivity (Wildman–Crippen MR) is 108 cm³/mol. The summed E-state index contributed by atoms with van der Waals surface area (Å²) in [5.41, 5.74) is 0.707. The zero-order chi connectivity index (χ0) is 20.2. The van der Waals surface area contributed by atoms with E-state index in [9.17, 15) is 9.59 Å². The third-order valence-electron chi connectivity index (χ3n) is 4.22. The molecule has 0 aliphatic carbocycles. The highest BCUT2D eigenvalue weighted by atomic mass is 16.5. The molecule has 0 saturated heterocycles. The van der Waals surface area contributed by atoms with Gasteiger partial charge in [-0.15, -0.1) is 5.10 Å². The van der Waals surface area contributed by atoms with Crippen molar-refractivity contribution in [1.82, 2.24) is 14.2 Å². The van der Waals surface area contributed by atoms with E-state index in [2.05, 4.69) is 10.4 Å². The first-order valence-corrected chi connectivity index (χ1v) is 8.89. The second kappa shape index (κ2) is 7.89. The molecular weight excluding hydrogens is 372 g/mol. The van der Waals surface area contributed by atoms with Gasteiger partial charge in [-0.05, 0) is 48.5 Å². The van der Waals surface area contributed by atoms with E-state index < -0.39 is 0 Å². The van der Waals surface area contributed by atoms with Crippen LogP contribution < -0.4 is 20.5 Å². The van der Waals surface area contributed by atoms with Gasteiger partial charge in [0, 0.05) is 11.9 Å². The van der Waals surface area contributed by atoms with Crippen molar-refractivity contribution in [3.05, 3.63) is 83.4 Å². The Balaban J connectivity index is 1.42. The topological polar surface area (TPSA) is 86.9 Å². The van der Waals surface area contributed by atoms with Gasteiger partial charge in [0.25, 0.3) is 0 Å². The number of fused-ring (bicyclic) bond motifs is 1. The van der Waals surface area contributed by atoms with E-state index in [1.54, 1.807) is 61.8 Å². The Morgan fingerprint density at radius 2 is 1.72 bits per heavy atom. The standard InChI is InChI=1S/C21H18N4O4/c1-28-17-6-2-3-7-18(17)29-16-11-9-15(10-12-16)22-20(26)14-25-21(27)24-13-5-4-8-19(24)23-25/h2-13H,14H2,1H3,(H,22,26). The largest absolute Gasteiger partial charge is 0.493 e. The maximum absolute atomic E-state index is 12.3. The lowest BCUT2D eigenvalue weighted by atomic mass is 10.3. The second-order valence-corrected chi connectivity index (χ2v) is 6.19. The number of pyridine rings is 1. The summed E-state index contributed by atoms with van der Waals surface area (Å²) in [5.74, 6) is 1.47. The monoisotopic (exact) mass is 390 g/mol. The predicted octanol–water partition coefficient (Wildman–Crippen LogP) is 2.94. The number of ether oxygens (including phenoxy) is 2. The van der Waals surface area contributed by atoms with Crippen molar-refractivity contribution >= 4 is 17.2 Å². The molecule has 0 bridgehead atoms. The van der Waals surface area contributed by atoms with Gasteiger partial charge in [0.1, 0.15) is 12.3 Å². The summed E-state index contributed by atoms with van der Waals surface area (Å²) in [4.78, 5) is 24.5. The molecule has 146 valence electrons. The minimum absolute atomic E-state index is 0.181. The van der Waals surface area contributed by atoms with Crippen LogP contribution in [0.15, 0.2) is 77.7 Å². The minimum atomic E-state index is -0.365. The van der Waals surface area contributed by atoms with E-state index in [4.69, 9.17) is 9.47 Å². The zero-order valence-electron chi connectivity index (χ0n) is 15.6. The molecule has 0 atom stereocenters. The van der Waals surface area contributed by atoms with E-state index in [0.717, 1.165) is 4.68 Å². The molecule has 8 heteroatoms. The van der Waals surface area contributed by atoms with Gasteiger partial charge in [-0.1, -0.05) is 18.2 Å². The van der Waals surface area contributed by atoms with E-state index in [0.29, 0.717) is 28.6 Å². The van der Waals surface area contributed by atoms with Gasteiger partial charge in [0.15, 0.2) is 17.1 Å². The lowest BCUT2D eigenvalue weighted by Crippen LogP contribution is -2.28. The van der Waals surface area contributed by atoms with Crippen LogP contribution in [0.25, 0.3) is 5.65 Å². The van der Waals surface area contributed by atoms with E-state index >= 15 is 0 Å². The molecule has 0 saturated carbocycles. The number of para-hydroxylation sites is 2. The fraction of sp³-hybridized carbons (Fsp3) is 0.0952. The molecule has 2 aromatic carbocycles. The van der Waals surface area contributed by atoms with Gasteiger partial charge in [-0.25, -0.2) is 9.48 Å². The van der Waals surface area contributed by atoms with Crippen molar-refractivity contribution in [1.29, 1.82) is 0 Å². The van der Waals surface area contributed by atoms with Gasteiger partial charge >= 0.3 is 5.69 Å². The number of hydrogen-bond donors (Lipinski definition) is 1. The van der Waals surface area contributed by atoms with Crippen molar-refractivity contribution in [2.45, 2.75) is 6.54 Å². The summed E-state index contributed by atoms with van der Waals surface area (Å²) in [6.07, 6.45) is 1.61. The number of methoxy groups -OCH3 is 1. The Bertz CT molecular complexity index is 1210. The van der Waals surface area contributed by atoms with Crippen molar-refractivity contribution < 1.29 is 14.3 Å². The van der Waals surface area contributed by atoms with Crippen LogP contribution >= 0.6 is 0 Å². The lowest BCUT2D eigenvalue weighted by Gasteiger charge is -2.10. The average molecular weight is 390 g/mol. The molecule has 29 heavy (non-hydrogen) atoms. The number of nitrogens with one attached hydrogen (secondary N) is 1. The number of amides is 1. The number of carbonyl (C=O) groups excluding carboxylic acids is 1. The molecular formula is C21H18N4O4. The number of carbonyl (C=O) groups is 1. The molecule has 2 aromatic heterocycles. The number of nitrogens with zero attached hydrogens (tertiary/aromatic N) is 3. The summed E-state index contributed by atoms with van der Waals surface area (Å²) in [6, 6.07) is 19.5. The molecule has 0 aliphatic rings. The molecule has 0 unspecified atom stereocenters. The van der Waals surface area contributed by atoms with Crippen LogP contribution in [0, 0.1) is 0 Å². The smallest absolute Gasteiger partial charge is 0.350 e. The number of hydrogen-bond acceptors (Lipinski definition) is 5. The Morgan fingerprint density at radius 3 is 2.45 bits per heavy atom. The third kappa shape index (κ3) is 3.96. The van der Waals surface area contributed by atoms with E-state index in [1.807, 2.05) is 18.2 Å². The first-order chi connectivity index (χ1) is 14.1. The highest BCUT2D eigenvalue weighted by Crippen LogP contribution is 2.31. The fourth-order valence-electron chi connectivity index (χ4n) is 2.84. The molecule has 8 nitrogen and oxygen atoms in total. The van der Waals surface area contributed by atoms with Crippen LogP contribution in [0.3, 0.4) is 0 Å². The molecule has 4 aromatic rings. The summed E-state index contributed by atoms with van der Waals surface area (Å²) >= 11 is 0. The van der Waals surface area contributed by atoms with Crippen molar-refractivity contribution in [2.75, 3.05) is 12.4 Å². The Labute approximate surface area is 165 Å². The van der Waals surface area contributed by atoms with E-state index in [-0.39, 0.29) is 18.1 Å². The van der Waals surface area contributed by atoms with Crippen LogP contribution in [0.5, 0.6) is 17.2 Å². The molecule has 1 N–H and O–H groups in total. The molecule has 2 heterocycles. The first-order valence-electron chi connectivity index (χ1n) is 8.89. The highest BCUT2D eigenvalue weighted by molar-refractivity contribution is 5.90. The van der Waals surface area contributed by atoms with Gasteiger partial charge < -0.3 is 14.8 Å². The van der Waals surface area contributed by atoms with Crippen LogP contribution in [-0.2, 0) is 11.3 Å². The molecule has 0 radical (unpaired) electrons. The third-order valence-corrected chi connectivity index (χ3v) is 4.22. The molecule has 0 spiro atoms. The molecule has 4 rings (SSSR count). The number of aromatic nitrogens is 3. The summed E-state index contributed by atoms with van der Waals surface area (Å²) in [6.45, 7) is -0.181. The van der Waals surface area contributed by atoms with Crippen LogP contribution in [0.1, 0.15) is 0 Å². The molecule has 0 fully saturated rings. The van der Waals surface area contributed by atoms with Crippen LogP contribution in [0.2, 0.25) is 0 Å². The first kappa shape index (κ1) is 18.3. The van der Waals surface area contributed by atoms with Crippen molar-refractivity contribution in [3.8, 4) is 17.2 Å². The van der Waals surface area contributed by atoms with E-state index in [1.165, 1.54) is 4.40 Å². The molecule has 1 amide bonds. The Morgan fingerprint density at radius 1 is 1.00 bits per heavy atom. The second-order valence-electron chi connectivity index (χ2n) is 6.19. The van der Waals surface area contributed by atoms with Gasteiger partial charge in [-0.3, -0.25) is 9.20 Å². The van der Waals surface area contributed by atoms with Crippen LogP contribution in [-0.4, -0.2) is 27.2 Å². The van der Waals surface area contributed by atoms with Crippen molar-refractivity contribution in [3.63, 3.8) is 0 Å². The Hall–Kier alpha value is -4.07. The lowest BCUT2D eigenvalue weighted by molar-refractivity contribution is -0.117. The molecule has 0 aliphatic heterocycles. The van der Waals surface area contributed by atoms with Gasteiger partial charge in [0.2, 0.25) is 5.91 Å². The average Bonchev–Trinajstić information content (AvgIpc) is 3.05. The summed E-state index contributed by atoms with van der Waals surface area (Å²) in [7, 11) is 1.58. The van der Waals surface area contributed by atoms with Gasteiger partial charge in [0.05, 0.1) is 7.11 Å². The number of rotatable bonds is 6.